The number of hydrogen-bond donors (Lipinski definition) is 1. The number of halogens is 2. The van der Waals surface area contributed by atoms with Crippen LogP contribution in [0, 0.1) is 0 Å². The van der Waals surface area contributed by atoms with Gasteiger partial charge in [-0.05, 0) is 43.5 Å². The van der Waals surface area contributed by atoms with Crippen molar-refractivity contribution < 1.29 is 22.8 Å². The second-order valence-electron chi connectivity index (χ2n) is 9.26. The molecule has 0 radical (unpaired) electrons. The summed E-state index contributed by atoms with van der Waals surface area (Å²) in [5.74, 6) is -1.43. The first-order chi connectivity index (χ1) is 17.6. The molecule has 1 aliphatic carbocycles. The lowest BCUT2D eigenvalue weighted by atomic mass is 10.1. The molecule has 8 nitrogen and oxygen atoms in total. The molecule has 1 heterocycles. The fraction of sp³-hybridized carbons (Fsp3) is 0.423. The first kappa shape index (κ1) is 27.4. The second-order valence-corrected chi connectivity index (χ2v) is 11.9. The molecule has 0 spiro atoms. The molecule has 2 aromatic rings. The first-order valence-electron chi connectivity index (χ1n) is 12.3. The third-order valence-electron chi connectivity index (χ3n) is 6.92. The van der Waals surface area contributed by atoms with E-state index in [1.807, 2.05) is 0 Å². The Bertz CT molecular complexity index is 1290. The van der Waals surface area contributed by atoms with E-state index in [0.717, 1.165) is 30.0 Å². The molecule has 2 aliphatic rings. The van der Waals surface area contributed by atoms with Crippen LogP contribution in [0.25, 0.3) is 0 Å². The van der Waals surface area contributed by atoms with Crippen LogP contribution >= 0.6 is 23.2 Å². The maximum Gasteiger partial charge on any atom is 0.269 e. The fourth-order valence-electron chi connectivity index (χ4n) is 4.93. The first-order valence-corrected chi connectivity index (χ1v) is 14.5. The molecule has 4 rings (SSSR count). The van der Waals surface area contributed by atoms with E-state index in [0.29, 0.717) is 22.0 Å². The van der Waals surface area contributed by atoms with E-state index >= 15 is 0 Å². The highest BCUT2D eigenvalue weighted by atomic mass is 35.5. The van der Waals surface area contributed by atoms with Crippen molar-refractivity contribution in [2.45, 2.75) is 69.0 Å². The Labute approximate surface area is 227 Å². The minimum absolute atomic E-state index is 0.0329. The smallest absolute Gasteiger partial charge is 0.269 e. The van der Waals surface area contributed by atoms with Crippen molar-refractivity contribution in [2.24, 2.45) is 0 Å². The highest BCUT2D eigenvalue weighted by Crippen LogP contribution is 2.31. The predicted molar refractivity (Wildman–Crippen MR) is 141 cm³/mol. The van der Waals surface area contributed by atoms with Crippen molar-refractivity contribution in [1.29, 1.82) is 0 Å². The molecule has 3 amide bonds. The average Bonchev–Trinajstić information content (AvgIpc) is 3.44. The minimum atomic E-state index is -4.06. The van der Waals surface area contributed by atoms with Crippen molar-refractivity contribution in [3.8, 4) is 0 Å². The van der Waals surface area contributed by atoms with Gasteiger partial charge >= 0.3 is 0 Å². The van der Waals surface area contributed by atoms with Gasteiger partial charge in [-0.3, -0.25) is 14.4 Å². The van der Waals surface area contributed by atoms with Crippen LogP contribution in [-0.2, 0) is 26.2 Å². The van der Waals surface area contributed by atoms with Crippen molar-refractivity contribution in [3.63, 3.8) is 0 Å². The highest BCUT2D eigenvalue weighted by molar-refractivity contribution is 7.90. The monoisotopic (exact) mass is 565 g/mol. The molecule has 0 saturated heterocycles. The van der Waals surface area contributed by atoms with Gasteiger partial charge in [0.25, 0.3) is 15.9 Å². The normalized spacial score (nSPS) is 17.5. The molecule has 37 heavy (non-hydrogen) atoms. The molecule has 1 atom stereocenters. The zero-order chi connectivity index (χ0) is 26.7. The largest absolute Gasteiger partial charge is 0.352 e. The van der Waals surface area contributed by atoms with E-state index < -0.39 is 27.9 Å². The number of sulfonamides is 1. The highest BCUT2D eigenvalue weighted by Gasteiger charge is 2.41. The molecule has 1 saturated carbocycles. The summed E-state index contributed by atoms with van der Waals surface area (Å²) in [6.45, 7) is 1.43. The lowest BCUT2D eigenvalue weighted by Gasteiger charge is -2.32. The van der Waals surface area contributed by atoms with E-state index in [-0.39, 0.29) is 41.9 Å². The van der Waals surface area contributed by atoms with Gasteiger partial charge in [-0.2, -0.15) is 0 Å². The van der Waals surface area contributed by atoms with Crippen LogP contribution in [-0.4, -0.2) is 54.0 Å². The summed E-state index contributed by atoms with van der Waals surface area (Å²) < 4.78 is 26.6. The van der Waals surface area contributed by atoms with E-state index in [2.05, 4.69) is 5.32 Å². The quantitative estimate of drug-likeness (QED) is 0.485. The van der Waals surface area contributed by atoms with Gasteiger partial charge in [0, 0.05) is 41.2 Å². The van der Waals surface area contributed by atoms with E-state index in [1.54, 1.807) is 37.3 Å². The van der Waals surface area contributed by atoms with E-state index in [4.69, 9.17) is 23.2 Å². The predicted octanol–water partition coefficient (Wildman–Crippen LogP) is 4.39. The van der Waals surface area contributed by atoms with Gasteiger partial charge in [0.2, 0.25) is 11.8 Å². The summed E-state index contributed by atoms with van der Waals surface area (Å²) in [5, 5.41) is 3.75. The minimum Gasteiger partial charge on any atom is -0.352 e. The van der Waals surface area contributed by atoms with Crippen LogP contribution in [0.5, 0.6) is 0 Å². The van der Waals surface area contributed by atoms with Crippen LogP contribution in [0.4, 0.5) is 0 Å². The molecule has 11 heteroatoms. The maximum absolute atomic E-state index is 13.6. The zero-order valence-electron chi connectivity index (χ0n) is 20.5. The summed E-state index contributed by atoms with van der Waals surface area (Å²) in [4.78, 5) is 41.0. The number of benzene rings is 2. The van der Waals surface area contributed by atoms with Crippen molar-refractivity contribution in [2.75, 3.05) is 6.54 Å². The Morgan fingerprint density at radius 2 is 1.73 bits per heavy atom. The number of nitrogens with one attached hydrogen (secondary N) is 1. The lowest BCUT2D eigenvalue weighted by Crippen LogP contribution is -2.51. The topological polar surface area (TPSA) is 104 Å². The molecule has 1 aliphatic heterocycles. The molecule has 198 valence electrons. The van der Waals surface area contributed by atoms with Crippen molar-refractivity contribution in [1.82, 2.24) is 14.5 Å². The standard InChI is InChI=1S/C26H29Cl2N3O5S/c1-2-22(25(33)29-17-8-3-4-9-17)30(16-19-20(27)11-7-12-21(19)28)24(32)14-15-31-26(34)18-10-5-6-13-23(18)37(31,35)36/h5-7,10-13,17,22H,2-4,8-9,14-16H2,1H3,(H,29,33). The molecule has 0 aromatic heterocycles. The summed E-state index contributed by atoms with van der Waals surface area (Å²) in [7, 11) is -4.06. The molecular weight excluding hydrogens is 537 g/mol. The number of carbonyl (C=O) groups excluding carboxylic acids is 3. The molecule has 2 aromatic carbocycles. The van der Waals surface area contributed by atoms with E-state index in [9.17, 15) is 22.8 Å². The Morgan fingerprint density at radius 1 is 1.08 bits per heavy atom. The van der Waals surface area contributed by atoms with Gasteiger partial charge in [-0.1, -0.05) is 61.2 Å². The Kier molecular flexibility index (Phi) is 8.46. The number of nitrogens with zero attached hydrogens (tertiary/aromatic N) is 2. The number of carbonyl (C=O) groups is 3. The van der Waals surface area contributed by atoms with Crippen molar-refractivity contribution >= 4 is 50.9 Å². The summed E-state index contributed by atoms with van der Waals surface area (Å²) in [6.07, 6.45) is 3.90. The van der Waals surface area contributed by atoms with Gasteiger partial charge in [0.1, 0.15) is 10.9 Å². The summed E-state index contributed by atoms with van der Waals surface area (Å²) in [5.41, 5.74) is 0.570. The average molecular weight is 567 g/mol. The third-order valence-corrected chi connectivity index (χ3v) is 9.47. The summed E-state index contributed by atoms with van der Waals surface area (Å²) >= 11 is 12.8. The van der Waals surface area contributed by atoms with Gasteiger partial charge in [-0.25, -0.2) is 12.7 Å². The molecule has 0 bridgehead atoms. The number of rotatable bonds is 9. The maximum atomic E-state index is 13.6. The number of amides is 3. The fourth-order valence-corrected chi connectivity index (χ4v) is 7.02. The Hall–Kier alpha value is -2.62. The molecule has 1 fully saturated rings. The van der Waals surface area contributed by atoms with Gasteiger partial charge in [0.15, 0.2) is 0 Å². The Balaban J connectivity index is 1.57. The summed E-state index contributed by atoms with van der Waals surface area (Å²) in [6, 6.07) is 10.2. The lowest BCUT2D eigenvalue weighted by molar-refractivity contribution is -0.141. The molecular formula is C26H29Cl2N3O5S. The number of hydrogen-bond acceptors (Lipinski definition) is 5. The van der Waals surface area contributed by atoms with Crippen LogP contribution in [0.15, 0.2) is 47.4 Å². The van der Waals surface area contributed by atoms with Gasteiger partial charge in [-0.15, -0.1) is 0 Å². The van der Waals surface area contributed by atoms with Crippen LogP contribution in [0.3, 0.4) is 0 Å². The third kappa shape index (κ3) is 5.63. The van der Waals surface area contributed by atoms with Gasteiger partial charge in [0.05, 0.1) is 5.56 Å². The van der Waals surface area contributed by atoms with Crippen LogP contribution < -0.4 is 5.32 Å². The second kappa shape index (κ2) is 11.4. The number of fused-ring (bicyclic) bond motifs is 1. The Morgan fingerprint density at radius 3 is 2.35 bits per heavy atom. The van der Waals surface area contributed by atoms with Crippen molar-refractivity contribution in [3.05, 3.63) is 63.6 Å². The molecule has 1 unspecified atom stereocenters. The van der Waals surface area contributed by atoms with E-state index in [1.165, 1.54) is 17.0 Å². The van der Waals surface area contributed by atoms with Crippen LogP contribution in [0.1, 0.15) is 61.4 Å². The SMILES string of the molecule is CCC(C(=O)NC1CCCC1)N(Cc1c(Cl)cccc1Cl)C(=O)CCN1C(=O)c2ccccc2S1(=O)=O. The molecule has 1 N–H and O–H groups in total. The van der Waals surface area contributed by atoms with Crippen LogP contribution in [0.2, 0.25) is 10.0 Å². The zero-order valence-corrected chi connectivity index (χ0v) is 22.8. The van der Waals surface area contributed by atoms with Gasteiger partial charge < -0.3 is 10.2 Å².